The number of rotatable bonds is 5. The molecule has 1 saturated heterocycles. The van der Waals surface area contributed by atoms with E-state index >= 15 is 0 Å². The van der Waals surface area contributed by atoms with Gasteiger partial charge in [0.15, 0.2) is 0 Å². The van der Waals surface area contributed by atoms with Gasteiger partial charge in [0.2, 0.25) is 11.8 Å². The van der Waals surface area contributed by atoms with E-state index in [0.29, 0.717) is 11.9 Å². The van der Waals surface area contributed by atoms with E-state index in [9.17, 15) is 4.39 Å². The Labute approximate surface area is 131 Å². The molecule has 0 aromatic carbocycles. The predicted octanol–water partition coefficient (Wildman–Crippen LogP) is 2.69. The van der Waals surface area contributed by atoms with E-state index < -0.39 is 5.82 Å². The minimum absolute atomic E-state index is 0.00671. The van der Waals surface area contributed by atoms with Crippen molar-refractivity contribution in [3.05, 3.63) is 12.0 Å². The summed E-state index contributed by atoms with van der Waals surface area (Å²) >= 11 is 0. The summed E-state index contributed by atoms with van der Waals surface area (Å²) in [5.74, 6) is 0.515. The van der Waals surface area contributed by atoms with Gasteiger partial charge in [-0.05, 0) is 31.7 Å². The summed E-state index contributed by atoms with van der Waals surface area (Å²) in [6, 6.07) is 0.793. The molecule has 0 radical (unpaired) electrons. The lowest BCUT2D eigenvalue weighted by Crippen LogP contribution is -2.35. The van der Waals surface area contributed by atoms with Crippen molar-refractivity contribution >= 4 is 5.95 Å². The van der Waals surface area contributed by atoms with E-state index in [1.54, 1.807) is 0 Å². The first-order valence-corrected chi connectivity index (χ1v) is 8.30. The Morgan fingerprint density at radius 3 is 2.91 bits per heavy atom. The average molecular weight is 308 g/mol. The summed E-state index contributed by atoms with van der Waals surface area (Å²) in [4.78, 5) is 10.6. The Morgan fingerprint density at radius 2 is 2.14 bits per heavy atom. The van der Waals surface area contributed by atoms with Crippen LogP contribution in [-0.4, -0.2) is 47.7 Å². The van der Waals surface area contributed by atoms with Crippen LogP contribution in [0.5, 0.6) is 5.88 Å². The van der Waals surface area contributed by atoms with Crippen molar-refractivity contribution in [2.75, 3.05) is 32.1 Å². The third-order valence-corrected chi connectivity index (χ3v) is 4.86. The van der Waals surface area contributed by atoms with E-state index in [0.717, 1.165) is 25.3 Å². The Bertz CT molecular complexity index is 493. The number of halogens is 1. The predicted molar refractivity (Wildman–Crippen MR) is 83.6 cm³/mol. The van der Waals surface area contributed by atoms with Crippen molar-refractivity contribution in [1.29, 1.82) is 0 Å². The normalized spacial score (nSPS) is 23.6. The lowest BCUT2D eigenvalue weighted by atomic mass is 9.94. The molecule has 2 heterocycles. The first-order valence-electron chi connectivity index (χ1n) is 8.30. The maximum absolute atomic E-state index is 13.3. The fourth-order valence-electron chi connectivity index (χ4n) is 3.62. The summed E-state index contributed by atoms with van der Waals surface area (Å²) in [5.41, 5.74) is 0. The van der Waals surface area contributed by atoms with Gasteiger partial charge in [0.1, 0.15) is 0 Å². The number of likely N-dealkylation sites (tertiary alicyclic amines) is 1. The number of anilines is 1. The molecule has 2 aliphatic rings. The molecule has 3 rings (SSSR count). The van der Waals surface area contributed by atoms with Crippen molar-refractivity contribution in [2.45, 2.75) is 44.6 Å². The smallest absolute Gasteiger partial charge is 0.255 e. The molecule has 0 unspecified atom stereocenters. The van der Waals surface area contributed by atoms with Gasteiger partial charge in [-0.2, -0.15) is 9.37 Å². The molecule has 1 aromatic heterocycles. The lowest BCUT2D eigenvalue weighted by molar-refractivity contribution is 0.186. The Balaban J connectivity index is 1.48. The van der Waals surface area contributed by atoms with Crippen molar-refractivity contribution < 1.29 is 9.13 Å². The molecule has 6 heteroatoms. The van der Waals surface area contributed by atoms with Gasteiger partial charge in [0.05, 0.1) is 13.3 Å². The third kappa shape index (κ3) is 3.66. The molecule has 1 N–H and O–H groups in total. The summed E-state index contributed by atoms with van der Waals surface area (Å²) in [5, 5.41) is 3.22. The molecule has 22 heavy (non-hydrogen) atoms. The van der Waals surface area contributed by atoms with Gasteiger partial charge >= 0.3 is 0 Å². The average Bonchev–Trinajstić information content (AvgIpc) is 3.04. The highest BCUT2D eigenvalue weighted by Crippen LogP contribution is 2.27. The summed E-state index contributed by atoms with van der Waals surface area (Å²) < 4.78 is 18.2. The highest BCUT2D eigenvalue weighted by Gasteiger charge is 2.28. The molecular weight excluding hydrogens is 283 g/mol. The first kappa shape index (κ1) is 15.5. The highest BCUT2D eigenvalue weighted by molar-refractivity contribution is 5.28. The van der Waals surface area contributed by atoms with E-state index in [1.165, 1.54) is 52.2 Å². The SMILES string of the molecule is COc1nc(NC[C@H]2CCN(C3CCCCC3)C2)ncc1F. The van der Waals surface area contributed by atoms with Gasteiger partial charge in [-0.25, -0.2) is 4.98 Å². The second-order valence-electron chi connectivity index (χ2n) is 6.37. The summed E-state index contributed by atoms with van der Waals surface area (Å²) in [6.07, 6.45) is 9.25. The van der Waals surface area contributed by atoms with E-state index in [-0.39, 0.29) is 5.88 Å². The van der Waals surface area contributed by atoms with Gasteiger partial charge in [-0.1, -0.05) is 19.3 Å². The van der Waals surface area contributed by atoms with Crippen molar-refractivity contribution in [1.82, 2.24) is 14.9 Å². The van der Waals surface area contributed by atoms with Crippen LogP contribution in [0, 0.1) is 11.7 Å². The fraction of sp³-hybridized carbons (Fsp3) is 0.750. The number of hydrogen-bond donors (Lipinski definition) is 1. The number of nitrogens with one attached hydrogen (secondary N) is 1. The van der Waals surface area contributed by atoms with Crippen molar-refractivity contribution in [2.24, 2.45) is 5.92 Å². The largest absolute Gasteiger partial charge is 0.479 e. The number of nitrogens with zero attached hydrogens (tertiary/aromatic N) is 3. The molecule has 122 valence electrons. The van der Waals surface area contributed by atoms with Gasteiger partial charge in [-0.15, -0.1) is 0 Å². The van der Waals surface area contributed by atoms with Crippen molar-refractivity contribution in [3.8, 4) is 5.88 Å². The molecule has 1 atom stereocenters. The minimum Gasteiger partial charge on any atom is -0.479 e. The minimum atomic E-state index is -0.530. The first-order chi connectivity index (χ1) is 10.8. The van der Waals surface area contributed by atoms with Crippen LogP contribution in [-0.2, 0) is 0 Å². The molecule has 1 aliphatic heterocycles. The third-order valence-electron chi connectivity index (χ3n) is 4.86. The quantitative estimate of drug-likeness (QED) is 0.906. The van der Waals surface area contributed by atoms with Crippen LogP contribution in [0.4, 0.5) is 10.3 Å². The second kappa shape index (κ2) is 7.22. The van der Waals surface area contributed by atoms with Crippen LogP contribution in [0.2, 0.25) is 0 Å². The standard InChI is InChI=1S/C16H25FN4O/c1-22-15-14(17)10-19-16(20-15)18-9-12-7-8-21(11-12)13-5-3-2-4-6-13/h10,12-13H,2-9,11H2,1H3,(H,18,19,20)/t12-/m1/s1. The molecule has 0 bridgehead atoms. The van der Waals surface area contributed by atoms with Gasteiger partial charge in [0, 0.05) is 19.1 Å². The topological polar surface area (TPSA) is 50.3 Å². The second-order valence-corrected chi connectivity index (χ2v) is 6.37. The molecule has 0 spiro atoms. The summed E-state index contributed by atoms with van der Waals surface area (Å²) in [6.45, 7) is 3.18. The fourth-order valence-corrected chi connectivity index (χ4v) is 3.62. The molecule has 5 nitrogen and oxygen atoms in total. The molecular formula is C16H25FN4O. The van der Waals surface area contributed by atoms with Gasteiger partial charge in [0.25, 0.3) is 5.88 Å². The zero-order valence-corrected chi connectivity index (χ0v) is 13.2. The van der Waals surface area contributed by atoms with E-state index in [2.05, 4.69) is 20.2 Å². The van der Waals surface area contributed by atoms with Crippen LogP contribution in [0.1, 0.15) is 38.5 Å². The van der Waals surface area contributed by atoms with Crippen LogP contribution >= 0.6 is 0 Å². The number of hydrogen-bond acceptors (Lipinski definition) is 5. The zero-order valence-electron chi connectivity index (χ0n) is 13.2. The lowest BCUT2D eigenvalue weighted by Gasteiger charge is -2.31. The molecule has 0 amide bonds. The van der Waals surface area contributed by atoms with E-state index in [4.69, 9.17) is 4.74 Å². The Kier molecular flexibility index (Phi) is 5.08. The zero-order chi connectivity index (χ0) is 15.4. The van der Waals surface area contributed by atoms with Crippen LogP contribution < -0.4 is 10.1 Å². The molecule has 1 saturated carbocycles. The molecule has 1 aromatic rings. The molecule has 2 fully saturated rings. The Morgan fingerprint density at radius 1 is 1.32 bits per heavy atom. The van der Waals surface area contributed by atoms with E-state index in [1.807, 2.05) is 0 Å². The molecule has 1 aliphatic carbocycles. The van der Waals surface area contributed by atoms with Crippen LogP contribution in [0.15, 0.2) is 6.20 Å². The highest BCUT2D eigenvalue weighted by atomic mass is 19.1. The maximum atomic E-state index is 13.3. The number of methoxy groups -OCH3 is 1. The maximum Gasteiger partial charge on any atom is 0.255 e. The van der Waals surface area contributed by atoms with Crippen molar-refractivity contribution in [3.63, 3.8) is 0 Å². The van der Waals surface area contributed by atoms with Gasteiger partial charge in [-0.3, -0.25) is 0 Å². The summed E-state index contributed by atoms with van der Waals surface area (Å²) in [7, 11) is 1.41. The number of ether oxygens (including phenoxy) is 1. The number of aromatic nitrogens is 2. The van der Waals surface area contributed by atoms with Gasteiger partial charge < -0.3 is 15.0 Å². The monoisotopic (exact) mass is 308 g/mol. The van der Waals surface area contributed by atoms with Crippen LogP contribution in [0.3, 0.4) is 0 Å². The van der Waals surface area contributed by atoms with Crippen LogP contribution in [0.25, 0.3) is 0 Å². The Hall–Kier alpha value is -1.43.